The first kappa shape index (κ1) is 18.3. The molecule has 26 heavy (non-hydrogen) atoms. The van der Waals surface area contributed by atoms with Crippen LogP contribution in [0.15, 0.2) is 30.5 Å². The molecule has 1 aliphatic rings. The van der Waals surface area contributed by atoms with Crippen molar-refractivity contribution in [2.45, 2.75) is 45.8 Å². The summed E-state index contributed by atoms with van der Waals surface area (Å²) in [7, 11) is 1.65. The Hall–Kier alpha value is -2.47. The minimum atomic E-state index is -0.448. The van der Waals surface area contributed by atoms with Gasteiger partial charge >= 0.3 is 0 Å². The molecule has 6 heteroatoms. The van der Waals surface area contributed by atoms with Crippen molar-refractivity contribution in [3.05, 3.63) is 53.1 Å². The van der Waals surface area contributed by atoms with Gasteiger partial charge in [0.1, 0.15) is 11.6 Å². The van der Waals surface area contributed by atoms with E-state index in [2.05, 4.69) is 23.8 Å². The fourth-order valence-electron chi connectivity index (χ4n) is 3.20. The SMILES string of the molecule is COc1ccc(Cc2ncc3c(n2)CN(C(=O)[C@H](N)CC(C)C)C3)cc1. The summed E-state index contributed by atoms with van der Waals surface area (Å²) in [5.41, 5.74) is 9.10. The number of hydrogen-bond acceptors (Lipinski definition) is 5. The number of rotatable bonds is 6. The topological polar surface area (TPSA) is 81.3 Å². The molecule has 1 aliphatic heterocycles. The van der Waals surface area contributed by atoms with Gasteiger partial charge in [0, 0.05) is 24.7 Å². The zero-order chi connectivity index (χ0) is 18.7. The summed E-state index contributed by atoms with van der Waals surface area (Å²) in [5.74, 6) is 1.98. The molecule has 0 fully saturated rings. The maximum absolute atomic E-state index is 12.5. The van der Waals surface area contributed by atoms with Crippen molar-refractivity contribution < 1.29 is 9.53 Å². The number of nitrogens with two attached hydrogens (primary N) is 1. The first-order chi connectivity index (χ1) is 12.5. The van der Waals surface area contributed by atoms with Crippen LogP contribution in [-0.2, 0) is 24.3 Å². The first-order valence-electron chi connectivity index (χ1n) is 8.97. The Morgan fingerprint density at radius 1 is 1.27 bits per heavy atom. The van der Waals surface area contributed by atoms with E-state index in [1.807, 2.05) is 30.5 Å². The molecule has 0 saturated heterocycles. The molecule has 138 valence electrons. The quantitative estimate of drug-likeness (QED) is 0.861. The highest BCUT2D eigenvalue weighted by atomic mass is 16.5. The lowest BCUT2D eigenvalue weighted by molar-refractivity contribution is -0.133. The molecule has 2 aromatic rings. The molecule has 1 atom stereocenters. The lowest BCUT2D eigenvalue weighted by atomic mass is 10.0. The maximum Gasteiger partial charge on any atom is 0.240 e. The number of ether oxygens (including phenoxy) is 1. The van der Waals surface area contributed by atoms with E-state index in [4.69, 9.17) is 10.5 Å². The standard InChI is InChI=1S/C20H26N4O2/c1-13(2)8-17(21)20(25)24-11-15-10-22-19(23-18(15)12-24)9-14-4-6-16(26-3)7-5-14/h4-7,10,13,17H,8-9,11-12,21H2,1-3H3/t17-/m1/s1. The van der Waals surface area contributed by atoms with E-state index in [0.717, 1.165) is 28.4 Å². The summed E-state index contributed by atoms with van der Waals surface area (Å²) in [6.45, 7) is 5.20. The van der Waals surface area contributed by atoms with Crippen LogP contribution in [0.1, 0.15) is 42.9 Å². The number of methoxy groups -OCH3 is 1. The summed E-state index contributed by atoms with van der Waals surface area (Å²) < 4.78 is 5.18. The molecule has 1 amide bonds. The summed E-state index contributed by atoms with van der Waals surface area (Å²) in [5, 5.41) is 0. The average Bonchev–Trinajstić information content (AvgIpc) is 3.04. The number of carbonyl (C=O) groups is 1. The predicted molar refractivity (Wildman–Crippen MR) is 99.5 cm³/mol. The molecular formula is C20H26N4O2. The molecule has 1 aromatic heterocycles. The van der Waals surface area contributed by atoms with Gasteiger partial charge in [0.05, 0.1) is 25.4 Å². The summed E-state index contributed by atoms with van der Waals surface area (Å²) in [6.07, 6.45) is 3.18. The Balaban J connectivity index is 1.66. The van der Waals surface area contributed by atoms with Crippen LogP contribution in [0.3, 0.4) is 0 Å². The van der Waals surface area contributed by atoms with Crippen LogP contribution in [0, 0.1) is 5.92 Å². The smallest absolute Gasteiger partial charge is 0.240 e. The van der Waals surface area contributed by atoms with Crippen LogP contribution >= 0.6 is 0 Å². The van der Waals surface area contributed by atoms with Crippen LogP contribution in [-0.4, -0.2) is 33.9 Å². The molecule has 0 aliphatic carbocycles. The number of amides is 1. The zero-order valence-electron chi connectivity index (χ0n) is 15.6. The Kier molecular flexibility index (Phi) is 5.52. The van der Waals surface area contributed by atoms with Crippen molar-refractivity contribution in [1.29, 1.82) is 0 Å². The third-order valence-corrected chi connectivity index (χ3v) is 4.58. The van der Waals surface area contributed by atoms with Gasteiger partial charge in [0.25, 0.3) is 0 Å². The Morgan fingerprint density at radius 3 is 2.65 bits per heavy atom. The molecule has 6 nitrogen and oxygen atoms in total. The van der Waals surface area contributed by atoms with Crippen molar-refractivity contribution in [1.82, 2.24) is 14.9 Å². The highest BCUT2D eigenvalue weighted by molar-refractivity contribution is 5.82. The summed E-state index contributed by atoms with van der Waals surface area (Å²) in [6, 6.07) is 7.43. The molecule has 3 rings (SSSR count). The van der Waals surface area contributed by atoms with Gasteiger partial charge in [0.15, 0.2) is 0 Å². The lowest BCUT2D eigenvalue weighted by Crippen LogP contribution is -2.41. The fraction of sp³-hybridized carbons (Fsp3) is 0.450. The second kappa shape index (κ2) is 7.83. The van der Waals surface area contributed by atoms with E-state index < -0.39 is 6.04 Å². The number of aromatic nitrogens is 2. The van der Waals surface area contributed by atoms with Gasteiger partial charge in [0.2, 0.25) is 5.91 Å². The summed E-state index contributed by atoms with van der Waals surface area (Å²) in [4.78, 5) is 23.4. The molecule has 0 radical (unpaired) electrons. The highest BCUT2D eigenvalue weighted by Gasteiger charge is 2.28. The van der Waals surface area contributed by atoms with Crippen LogP contribution in [0.5, 0.6) is 5.75 Å². The average molecular weight is 354 g/mol. The van der Waals surface area contributed by atoms with Crippen LogP contribution in [0.4, 0.5) is 0 Å². The molecular weight excluding hydrogens is 328 g/mol. The monoisotopic (exact) mass is 354 g/mol. The number of benzene rings is 1. The Bertz CT molecular complexity index is 774. The van der Waals surface area contributed by atoms with Crippen molar-refractivity contribution >= 4 is 5.91 Å². The molecule has 1 aromatic carbocycles. The molecule has 0 saturated carbocycles. The van der Waals surface area contributed by atoms with E-state index in [1.54, 1.807) is 12.0 Å². The largest absolute Gasteiger partial charge is 0.497 e. The van der Waals surface area contributed by atoms with Gasteiger partial charge in [-0.25, -0.2) is 9.97 Å². The number of nitrogens with zero attached hydrogens (tertiary/aromatic N) is 3. The second-order valence-electron chi connectivity index (χ2n) is 7.21. The first-order valence-corrected chi connectivity index (χ1v) is 8.97. The fourth-order valence-corrected chi connectivity index (χ4v) is 3.20. The van der Waals surface area contributed by atoms with Gasteiger partial charge in [-0.2, -0.15) is 0 Å². The Morgan fingerprint density at radius 2 is 2.00 bits per heavy atom. The number of fused-ring (bicyclic) bond motifs is 1. The molecule has 0 spiro atoms. The zero-order valence-corrected chi connectivity index (χ0v) is 15.6. The highest BCUT2D eigenvalue weighted by Crippen LogP contribution is 2.22. The van der Waals surface area contributed by atoms with Crippen molar-refractivity contribution in [3.8, 4) is 5.75 Å². The molecule has 2 N–H and O–H groups in total. The van der Waals surface area contributed by atoms with Crippen LogP contribution in [0.25, 0.3) is 0 Å². The third-order valence-electron chi connectivity index (χ3n) is 4.58. The van der Waals surface area contributed by atoms with Crippen molar-refractivity contribution in [2.75, 3.05) is 7.11 Å². The van der Waals surface area contributed by atoms with Crippen molar-refractivity contribution in [2.24, 2.45) is 11.7 Å². The van der Waals surface area contributed by atoms with Crippen molar-refractivity contribution in [3.63, 3.8) is 0 Å². The van der Waals surface area contributed by atoms with E-state index in [-0.39, 0.29) is 5.91 Å². The number of hydrogen-bond donors (Lipinski definition) is 1. The minimum Gasteiger partial charge on any atom is -0.497 e. The normalized spacial score (nSPS) is 14.4. The van der Waals surface area contributed by atoms with E-state index in [1.165, 1.54) is 0 Å². The third kappa shape index (κ3) is 4.19. The van der Waals surface area contributed by atoms with E-state index >= 15 is 0 Å². The van der Waals surface area contributed by atoms with E-state index in [0.29, 0.717) is 31.8 Å². The Labute approximate surface area is 154 Å². The van der Waals surface area contributed by atoms with Gasteiger partial charge in [-0.3, -0.25) is 4.79 Å². The van der Waals surface area contributed by atoms with Gasteiger partial charge < -0.3 is 15.4 Å². The molecule has 0 unspecified atom stereocenters. The predicted octanol–water partition coefficient (Wildman–Crippen LogP) is 2.29. The lowest BCUT2D eigenvalue weighted by Gasteiger charge is -2.21. The van der Waals surface area contributed by atoms with Gasteiger partial charge in [-0.15, -0.1) is 0 Å². The minimum absolute atomic E-state index is 0.00611. The van der Waals surface area contributed by atoms with Gasteiger partial charge in [-0.1, -0.05) is 26.0 Å². The van der Waals surface area contributed by atoms with E-state index in [9.17, 15) is 4.79 Å². The van der Waals surface area contributed by atoms with Crippen LogP contribution in [0.2, 0.25) is 0 Å². The summed E-state index contributed by atoms with van der Waals surface area (Å²) >= 11 is 0. The molecule has 2 heterocycles. The van der Waals surface area contributed by atoms with Crippen LogP contribution < -0.4 is 10.5 Å². The number of carbonyl (C=O) groups excluding carboxylic acids is 1. The maximum atomic E-state index is 12.5. The molecule has 0 bridgehead atoms. The second-order valence-corrected chi connectivity index (χ2v) is 7.21. The van der Waals surface area contributed by atoms with Gasteiger partial charge in [-0.05, 0) is 30.0 Å².